The molecule has 1 heterocycles. The van der Waals surface area contributed by atoms with Crippen molar-refractivity contribution in [3.63, 3.8) is 0 Å². The Morgan fingerprint density at radius 1 is 0.704 bits per heavy atom. The van der Waals surface area contributed by atoms with Crippen molar-refractivity contribution >= 4 is 10.9 Å². The van der Waals surface area contributed by atoms with Gasteiger partial charge in [-0.3, -0.25) is 0 Å². The molecule has 0 saturated heterocycles. The molecule has 4 rings (SSSR count). The first-order valence-electron chi connectivity index (χ1n) is 8.89. The molecule has 0 aliphatic rings. The van der Waals surface area contributed by atoms with E-state index in [9.17, 15) is 0 Å². The van der Waals surface area contributed by atoms with Crippen molar-refractivity contribution in [2.75, 3.05) is 14.2 Å². The van der Waals surface area contributed by atoms with Crippen molar-refractivity contribution in [3.8, 4) is 33.9 Å². The van der Waals surface area contributed by atoms with Crippen LogP contribution in [-0.2, 0) is 0 Å². The Balaban J connectivity index is 1.96. The first kappa shape index (κ1) is 17.1. The molecule has 0 atom stereocenters. The summed E-state index contributed by atoms with van der Waals surface area (Å²) in [5.74, 6) is 1.41. The Bertz CT molecular complexity index is 1100. The maximum absolute atomic E-state index is 5.46. The molecule has 0 unspecified atom stereocenters. The van der Waals surface area contributed by atoms with Gasteiger partial charge in [0.25, 0.3) is 0 Å². The van der Waals surface area contributed by atoms with Gasteiger partial charge in [-0.05, 0) is 54.4 Å². The van der Waals surface area contributed by atoms with Crippen molar-refractivity contribution in [2.24, 2.45) is 0 Å². The van der Waals surface area contributed by atoms with Crippen LogP contribution in [0.5, 0.6) is 11.5 Å². The minimum atomic E-state index is 0.696. The third kappa shape index (κ3) is 3.24. The fourth-order valence-corrected chi connectivity index (χ4v) is 3.34. The minimum Gasteiger partial charge on any atom is -0.493 e. The van der Waals surface area contributed by atoms with E-state index >= 15 is 0 Å². The summed E-state index contributed by atoms with van der Waals surface area (Å²) in [5, 5.41) is 1.16. The summed E-state index contributed by atoms with van der Waals surface area (Å²) in [6, 6.07) is 24.9. The molecule has 4 aromatic rings. The number of pyridine rings is 1. The number of hydrogen-bond acceptors (Lipinski definition) is 3. The molecule has 0 amide bonds. The predicted octanol–water partition coefficient (Wildman–Crippen LogP) is 5.89. The number of ether oxygens (including phenoxy) is 2. The molecule has 3 heteroatoms. The van der Waals surface area contributed by atoms with Gasteiger partial charge in [-0.25, -0.2) is 4.98 Å². The SMILES string of the molecule is COc1ccc(-c2cc(-c3ccccc3)c3cc(C)ccc3n2)cc1OC. The third-order valence-electron chi connectivity index (χ3n) is 4.73. The van der Waals surface area contributed by atoms with Crippen molar-refractivity contribution in [1.82, 2.24) is 4.98 Å². The molecule has 0 aliphatic carbocycles. The van der Waals surface area contributed by atoms with Crippen LogP contribution in [0.2, 0.25) is 0 Å². The van der Waals surface area contributed by atoms with E-state index in [1.54, 1.807) is 14.2 Å². The summed E-state index contributed by atoms with van der Waals surface area (Å²) in [5.41, 5.74) is 6.46. The molecule has 0 aliphatic heterocycles. The van der Waals surface area contributed by atoms with Crippen LogP contribution in [0.1, 0.15) is 5.56 Å². The van der Waals surface area contributed by atoms with Gasteiger partial charge in [-0.15, -0.1) is 0 Å². The molecule has 3 aromatic carbocycles. The molecule has 0 bridgehead atoms. The second-order valence-electron chi connectivity index (χ2n) is 6.51. The zero-order valence-corrected chi connectivity index (χ0v) is 15.7. The van der Waals surface area contributed by atoms with Crippen molar-refractivity contribution in [1.29, 1.82) is 0 Å². The molecule has 3 nitrogen and oxygen atoms in total. The van der Waals surface area contributed by atoms with E-state index in [2.05, 4.69) is 55.5 Å². The molecule has 0 fully saturated rings. The van der Waals surface area contributed by atoms with Gasteiger partial charge in [-0.1, -0.05) is 42.0 Å². The van der Waals surface area contributed by atoms with Gasteiger partial charge < -0.3 is 9.47 Å². The summed E-state index contributed by atoms with van der Waals surface area (Å²) in [6.07, 6.45) is 0. The fraction of sp³-hybridized carbons (Fsp3) is 0.125. The average Bonchev–Trinajstić information content (AvgIpc) is 2.73. The summed E-state index contributed by atoms with van der Waals surface area (Å²) in [4.78, 5) is 4.91. The number of methoxy groups -OCH3 is 2. The van der Waals surface area contributed by atoms with Gasteiger partial charge in [0.05, 0.1) is 25.4 Å². The smallest absolute Gasteiger partial charge is 0.161 e. The normalized spacial score (nSPS) is 10.8. The fourth-order valence-electron chi connectivity index (χ4n) is 3.34. The molecule has 0 saturated carbocycles. The van der Waals surface area contributed by atoms with Gasteiger partial charge in [0.2, 0.25) is 0 Å². The Labute approximate surface area is 159 Å². The monoisotopic (exact) mass is 355 g/mol. The summed E-state index contributed by atoms with van der Waals surface area (Å²) < 4.78 is 10.8. The average molecular weight is 355 g/mol. The van der Waals surface area contributed by atoms with Crippen LogP contribution >= 0.6 is 0 Å². The quantitative estimate of drug-likeness (QED) is 0.457. The van der Waals surface area contributed by atoms with E-state index < -0.39 is 0 Å². The number of benzene rings is 3. The van der Waals surface area contributed by atoms with Crippen molar-refractivity contribution < 1.29 is 9.47 Å². The molecular weight excluding hydrogens is 334 g/mol. The van der Waals surface area contributed by atoms with Crippen LogP contribution in [0.25, 0.3) is 33.3 Å². The number of aryl methyl sites for hydroxylation is 1. The highest BCUT2D eigenvalue weighted by molar-refractivity contribution is 5.97. The number of aromatic nitrogens is 1. The number of hydrogen-bond donors (Lipinski definition) is 0. The third-order valence-corrected chi connectivity index (χ3v) is 4.73. The first-order chi connectivity index (χ1) is 13.2. The van der Waals surface area contributed by atoms with Crippen LogP contribution in [0.4, 0.5) is 0 Å². The van der Waals surface area contributed by atoms with E-state index in [0.29, 0.717) is 11.5 Å². The maximum Gasteiger partial charge on any atom is 0.161 e. The number of fused-ring (bicyclic) bond motifs is 1. The zero-order chi connectivity index (χ0) is 18.8. The van der Waals surface area contributed by atoms with E-state index in [1.165, 1.54) is 16.7 Å². The summed E-state index contributed by atoms with van der Waals surface area (Å²) in [6.45, 7) is 2.11. The largest absolute Gasteiger partial charge is 0.493 e. The summed E-state index contributed by atoms with van der Waals surface area (Å²) in [7, 11) is 3.29. The predicted molar refractivity (Wildman–Crippen MR) is 110 cm³/mol. The second kappa shape index (κ2) is 7.12. The van der Waals surface area contributed by atoms with Gasteiger partial charge in [-0.2, -0.15) is 0 Å². The molecule has 0 spiro atoms. The topological polar surface area (TPSA) is 31.4 Å². The van der Waals surface area contributed by atoms with Crippen molar-refractivity contribution in [3.05, 3.63) is 78.4 Å². The van der Waals surface area contributed by atoms with Gasteiger partial charge >= 0.3 is 0 Å². The van der Waals surface area contributed by atoms with E-state index in [-0.39, 0.29) is 0 Å². The number of rotatable bonds is 4. The lowest BCUT2D eigenvalue weighted by Crippen LogP contribution is -1.93. The Morgan fingerprint density at radius 3 is 2.22 bits per heavy atom. The molecular formula is C24H21NO2. The van der Waals surface area contributed by atoms with Crippen molar-refractivity contribution in [2.45, 2.75) is 6.92 Å². The highest BCUT2D eigenvalue weighted by atomic mass is 16.5. The van der Waals surface area contributed by atoms with Crippen LogP contribution in [0.3, 0.4) is 0 Å². The van der Waals surface area contributed by atoms with E-state index in [4.69, 9.17) is 14.5 Å². The standard InChI is InChI=1S/C24H21NO2/c1-16-9-11-21-20(13-16)19(17-7-5-4-6-8-17)15-22(25-21)18-10-12-23(26-2)24(14-18)27-3/h4-15H,1-3H3. The Morgan fingerprint density at radius 2 is 1.48 bits per heavy atom. The van der Waals surface area contributed by atoms with Crippen LogP contribution in [-0.4, -0.2) is 19.2 Å². The molecule has 0 radical (unpaired) electrons. The Kier molecular flexibility index (Phi) is 4.51. The van der Waals surface area contributed by atoms with Gasteiger partial charge in [0.15, 0.2) is 11.5 Å². The Hall–Kier alpha value is -3.33. The summed E-state index contributed by atoms with van der Waals surface area (Å²) >= 11 is 0. The molecule has 1 aromatic heterocycles. The van der Waals surface area contributed by atoms with E-state index in [0.717, 1.165) is 22.2 Å². The van der Waals surface area contributed by atoms with Gasteiger partial charge in [0, 0.05) is 10.9 Å². The van der Waals surface area contributed by atoms with Gasteiger partial charge in [0.1, 0.15) is 0 Å². The first-order valence-corrected chi connectivity index (χ1v) is 8.89. The van der Waals surface area contributed by atoms with Crippen LogP contribution < -0.4 is 9.47 Å². The second-order valence-corrected chi connectivity index (χ2v) is 6.51. The highest BCUT2D eigenvalue weighted by Crippen LogP contribution is 2.36. The van der Waals surface area contributed by atoms with Crippen LogP contribution in [0, 0.1) is 6.92 Å². The zero-order valence-electron chi connectivity index (χ0n) is 15.7. The molecule has 134 valence electrons. The minimum absolute atomic E-state index is 0.696. The maximum atomic E-state index is 5.46. The molecule has 0 N–H and O–H groups in total. The lowest BCUT2D eigenvalue weighted by molar-refractivity contribution is 0.355. The number of nitrogens with zero attached hydrogens (tertiary/aromatic N) is 1. The highest BCUT2D eigenvalue weighted by Gasteiger charge is 2.12. The lowest BCUT2D eigenvalue weighted by Gasteiger charge is -2.13. The molecule has 27 heavy (non-hydrogen) atoms. The lowest BCUT2D eigenvalue weighted by atomic mass is 9.97. The van der Waals surface area contributed by atoms with E-state index in [1.807, 2.05) is 24.3 Å². The van der Waals surface area contributed by atoms with Crippen LogP contribution in [0.15, 0.2) is 72.8 Å².